The summed E-state index contributed by atoms with van der Waals surface area (Å²) in [6.07, 6.45) is 0. The molecule has 1 aromatic rings. The number of aliphatic hydroxyl groups is 1. The van der Waals surface area contributed by atoms with E-state index in [-0.39, 0.29) is 93.3 Å². The number of rotatable bonds is 0. The number of carboxylic acid groups (broad SMARTS) is 1. The largest absolute Gasteiger partial charge is 0.545 e. The smallest absolute Gasteiger partial charge is 0.300 e. The van der Waals surface area contributed by atoms with Crippen LogP contribution in [-0.2, 0) is 4.79 Å². The Morgan fingerprint density at radius 1 is 0.895 bits per heavy atom. The predicted octanol–water partition coefficient (Wildman–Crippen LogP) is 1.39. The van der Waals surface area contributed by atoms with Crippen molar-refractivity contribution in [3.8, 4) is 0 Å². The second kappa shape index (κ2) is 60.1. The molecule has 0 unspecified atom stereocenters. The summed E-state index contributed by atoms with van der Waals surface area (Å²) < 4.78 is 0. The van der Waals surface area contributed by atoms with Gasteiger partial charge < -0.3 is 52.3 Å². The van der Waals surface area contributed by atoms with Crippen LogP contribution in [0.25, 0.3) is 0 Å². The minimum atomic E-state index is -0.833. The molecular weight excluding hydrogens is 920 g/mol. The fourth-order valence-corrected chi connectivity index (χ4v) is 0.269. The van der Waals surface area contributed by atoms with Crippen molar-refractivity contribution in [2.24, 2.45) is 5.73 Å². The van der Waals surface area contributed by atoms with Gasteiger partial charge >= 0.3 is 0 Å². The van der Waals surface area contributed by atoms with Gasteiger partial charge in [-0.3, -0.25) is 4.79 Å². The first-order valence-electron chi connectivity index (χ1n) is 4.68. The van der Waals surface area contributed by atoms with E-state index in [0.717, 1.165) is 14.0 Å². The summed E-state index contributed by atoms with van der Waals surface area (Å²) in [7, 11) is 2.50. The summed E-state index contributed by atoms with van der Waals surface area (Å²) in [6.45, 7) is 5.08. The normalized spacial score (nSPS) is 4.79. The van der Waals surface area contributed by atoms with E-state index in [4.69, 9.17) is 15.0 Å². The molecule has 4 nitrogen and oxygen atoms in total. The third-order valence-corrected chi connectivity index (χ3v) is 0.500. The molecule has 4 N–H and O–H groups in total. The van der Waals surface area contributed by atoms with Crippen LogP contribution in [0.2, 0.25) is 0 Å². The number of carbonyl (C=O) groups is 1. The van der Waals surface area contributed by atoms with Crippen molar-refractivity contribution in [1.82, 2.24) is 0 Å². The molecule has 0 spiro atoms. The van der Waals surface area contributed by atoms with Gasteiger partial charge in [-0.15, -0.1) is 0 Å². The average Bonchev–Trinajstić information content (AvgIpc) is 2.38. The van der Waals surface area contributed by atoms with Crippen LogP contribution in [0, 0.1) is 112 Å². The maximum atomic E-state index is 9.00. The Hall–Kier alpha value is 1.77. The Labute approximate surface area is 188 Å². The van der Waals surface area contributed by atoms with Crippen molar-refractivity contribution in [2.45, 2.75) is 20.8 Å². The third-order valence-electron chi connectivity index (χ3n) is 0.500. The molecule has 0 saturated heterocycles. The molecule has 0 aliphatic carbocycles. The van der Waals surface area contributed by atoms with Crippen LogP contribution >= 0.6 is 0 Å². The van der Waals surface area contributed by atoms with Gasteiger partial charge in [0.25, 0.3) is 5.97 Å². The molecule has 7 heteroatoms. The zero-order valence-electron chi connectivity index (χ0n) is 12.1. The monoisotopic (exact) mass is 942 g/mol. The molecule has 0 aliphatic heterocycles. The van der Waals surface area contributed by atoms with E-state index in [1.807, 2.05) is 13.8 Å². The first-order valence-corrected chi connectivity index (χ1v) is 4.68. The van der Waals surface area contributed by atoms with Gasteiger partial charge in [0.1, 0.15) is 0 Å². The number of aliphatic carboxylic acids is 1. The second-order valence-corrected chi connectivity index (χ2v) is 1.45. The van der Waals surface area contributed by atoms with Crippen molar-refractivity contribution < 1.29 is 108 Å². The van der Waals surface area contributed by atoms with Crippen molar-refractivity contribution in [1.29, 1.82) is 0 Å². The molecule has 0 fully saturated rings. The Morgan fingerprint density at radius 3 is 1.05 bits per heavy atom. The molecule has 0 bridgehead atoms. The minimum Gasteiger partial charge on any atom is -0.545 e. The minimum absolute atomic E-state index is 0. The first kappa shape index (κ1) is 42.8. The van der Waals surface area contributed by atoms with Gasteiger partial charge in [0.15, 0.2) is 0 Å². The van der Waals surface area contributed by atoms with Crippen molar-refractivity contribution in [3.63, 3.8) is 0 Å². The molecular formula is C12H22NO3U3-3. The summed E-state index contributed by atoms with van der Waals surface area (Å²) in [6, 6.07) is 13.5. The fraction of sp³-hybridized carbons (Fsp3) is 0.417. The van der Waals surface area contributed by atoms with Crippen LogP contribution in [0.5, 0.6) is 0 Å². The van der Waals surface area contributed by atoms with Crippen molar-refractivity contribution >= 4 is 5.97 Å². The maximum Gasteiger partial charge on any atom is 0.300 e. The van der Waals surface area contributed by atoms with Gasteiger partial charge in [-0.1, -0.05) is 13.8 Å². The molecule has 0 amide bonds. The van der Waals surface area contributed by atoms with Gasteiger partial charge in [0.2, 0.25) is 0 Å². The summed E-state index contributed by atoms with van der Waals surface area (Å²) in [5.41, 5.74) is 4.50. The van der Waals surface area contributed by atoms with Gasteiger partial charge in [-0.2, -0.15) is 0 Å². The Morgan fingerprint density at radius 2 is 1.00 bits per heavy atom. The van der Waals surface area contributed by atoms with Gasteiger partial charge in [0, 0.05) is 107 Å². The van der Waals surface area contributed by atoms with Crippen molar-refractivity contribution in [3.05, 3.63) is 36.4 Å². The standard InChI is InChI=1S/C6H3.C2H4O2.C2H6.CH5N.CH4O.3U/c1-2-4-6-5-3-1;1-2(3)4;3*1-2;;;/h1,4-5H;1H3,(H,3,4);1-2H3;2H2,1H3;2H,1H3;;;/q-3;;;;;;;. The van der Waals surface area contributed by atoms with E-state index in [9.17, 15) is 0 Å². The van der Waals surface area contributed by atoms with E-state index < -0.39 is 5.97 Å². The number of aliphatic hydroxyl groups excluding tert-OH is 1. The van der Waals surface area contributed by atoms with Gasteiger partial charge in [0.05, 0.1) is 0 Å². The van der Waals surface area contributed by atoms with Crippen LogP contribution in [-0.4, -0.2) is 30.3 Å². The van der Waals surface area contributed by atoms with Gasteiger partial charge in [-0.25, -0.2) is 0 Å². The molecule has 0 aromatic heterocycles. The Bertz CT molecular complexity index is 160. The predicted molar refractivity (Wildman–Crippen MR) is 65.9 cm³/mol. The summed E-state index contributed by atoms with van der Waals surface area (Å²) in [5, 5.41) is 14.4. The van der Waals surface area contributed by atoms with E-state index in [1.54, 1.807) is 18.2 Å². The quantitative estimate of drug-likeness (QED) is 0.344. The Kier molecular flexibility index (Phi) is 135. The number of hydrogen-bond acceptors (Lipinski definition) is 3. The van der Waals surface area contributed by atoms with Crippen LogP contribution in [0.4, 0.5) is 0 Å². The fourth-order valence-electron chi connectivity index (χ4n) is 0.269. The molecule has 0 atom stereocenters. The topological polar surface area (TPSA) is 83.5 Å². The van der Waals surface area contributed by atoms with Crippen LogP contribution in [0.1, 0.15) is 20.8 Å². The van der Waals surface area contributed by atoms with Crippen LogP contribution in [0.3, 0.4) is 0 Å². The SMILES string of the molecule is CC.CC(=O)O.CN.CO.[U].[U].[U].[c-]1c[c-]c[c-]c1. The number of nitrogens with two attached hydrogens (primary N) is 1. The molecule has 0 aliphatic rings. The molecule has 0 saturated carbocycles. The van der Waals surface area contributed by atoms with Crippen LogP contribution in [0.15, 0.2) is 18.2 Å². The summed E-state index contributed by atoms with van der Waals surface area (Å²) in [5.74, 6) is -0.833. The van der Waals surface area contributed by atoms with E-state index >= 15 is 0 Å². The third kappa shape index (κ3) is 103. The number of carboxylic acids is 1. The number of hydrogen-bond donors (Lipinski definition) is 3. The zero-order chi connectivity index (χ0) is 13.8. The molecule has 1 rings (SSSR count). The molecule has 0 radical (unpaired) electrons. The van der Waals surface area contributed by atoms with E-state index in [1.165, 1.54) is 7.05 Å². The van der Waals surface area contributed by atoms with Crippen LogP contribution < -0.4 is 5.73 Å². The Balaban J connectivity index is -0.0000000201. The van der Waals surface area contributed by atoms with E-state index in [2.05, 4.69) is 23.9 Å². The van der Waals surface area contributed by atoms with Crippen molar-refractivity contribution in [2.75, 3.05) is 14.2 Å². The average molecular weight is 942 g/mol. The maximum absolute atomic E-state index is 9.00. The summed E-state index contributed by atoms with van der Waals surface area (Å²) in [4.78, 5) is 9.00. The van der Waals surface area contributed by atoms with Gasteiger partial charge in [-0.05, 0) is 7.05 Å². The molecule has 19 heavy (non-hydrogen) atoms. The molecule has 108 valence electrons. The summed E-state index contributed by atoms with van der Waals surface area (Å²) >= 11 is 0. The number of benzene rings is 1. The zero-order valence-corrected chi connectivity index (χ0v) is 24.6. The molecule has 0 heterocycles. The van der Waals surface area contributed by atoms with E-state index in [0.29, 0.717) is 0 Å². The molecule has 1 aromatic carbocycles. The second-order valence-electron chi connectivity index (χ2n) is 1.45. The first-order chi connectivity index (χ1) is 7.73.